The lowest BCUT2D eigenvalue weighted by molar-refractivity contribution is 0.0953. The molecule has 0 spiro atoms. The van der Waals surface area contributed by atoms with E-state index in [1.54, 1.807) is 24.3 Å². The van der Waals surface area contributed by atoms with Gasteiger partial charge in [-0.2, -0.15) is 0 Å². The van der Waals surface area contributed by atoms with E-state index < -0.39 is 0 Å². The fraction of sp³-hybridized carbons (Fsp3) is 0.188. The zero-order chi connectivity index (χ0) is 13.4. The number of hydrogen-bond donors (Lipinski definition) is 0. The molecule has 0 N–H and O–H groups in total. The van der Waals surface area contributed by atoms with Gasteiger partial charge in [0.05, 0.1) is 0 Å². The number of halogens is 1. The lowest BCUT2D eigenvalue weighted by atomic mass is 10.0. The van der Waals surface area contributed by atoms with Crippen LogP contribution in [0.15, 0.2) is 48.5 Å². The third-order valence-corrected chi connectivity index (χ3v) is 3.54. The molecule has 96 valence electrons. The summed E-state index contributed by atoms with van der Waals surface area (Å²) in [7, 11) is 0. The van der Waals surface area contributed by atoms with E-state index in [0.717, 1.165) is 5.56 Å². The molecule has 1 aliphatic heterocycles. The van der Waals surface area contributed by atoms with Crippen LogP contribution in [0.25, 0.3) is 0 Å². The highest BCUT2D eigenvalue weighted by atomic mass is 35.5. The van der Waals surface area contributed by atoms with Crippen molar-refractivity contribution in [2.24, 2.45) is 0 Å². The first-order valence-electron chi connectivity index (χ1n) is 6.17. The largest absolute Gasteiger partial charge is 0.356 e. The van der Waals surface area contributed by atoms with Crippen LogP contribution in [0, 0.1) is 6.92 Å². The monoisotopic (exact) mass is 272 g/mol. The average Bonchev–Trinajstić information content (AvgIpc) is 3.20. The molecule has 0 saturated carbocycles. The molecule has 0 aliphatic carbocycles. The van der Waals surface area contributed by atoms with Crippen molar-refractivity contribution in [3.05, 3.63) is 70.2 Å². The first-order valence-corrected chi connectivity index (χ1v) is 6.55. The molecule has 2 unspecified atom stereocenters. The highest BCUT2D eigenvalue weighted by Crippen LogP contribution is 2.40. The summed E-state index contributed by atoms with van der Waals surface area (Å²) in [5.74, 6) is 0.0160. The van der Waals surface area contributed by atoms with Crippen LogP contribution in [-0.2, 0) is 4.74 Å². The quantitative estimate of drug-likeness (QED) is 0.625. The molecular weight excluding hydrogens is 260 g/mol. The fourth-order valence-corrected chi connectivity index (χ4v) is 2.23. The fourth-order valence-electron chi connectivity index (χ4n) is 2.10. The zero-order valence-electron chi connectivity index (χ0n) is 10.5. The van der Waals surface area contributed by atoms with Gasteiger partial charge in [0.2, 0.25) is 0 Å². The zero-order valence-corrected chi connectivity index (χ0v) is 11.2. The molecule has 1 fully saturated rings. The highest BCUT2D eigenvalue weighted by molar-refractivity contribution is 6.30. The number of epoxide rings is 1. The van der Waals surface area contributed by atoms with Gasteiger partial charge in [-0.25, -0.2) is 0 Å². The Morgan fingerprint density at radius 3 is 2.32 bits per heavy atom. The van der Waals surface area contributed by atoms with E-state index in [1.807, 2.05) is 31.2 Å². The third kappa shape index (κ3) is 2.55. The summed E-state index contributed by atoms with van der Waals surface area (Å²) in [5.41, 5.74) is 2.90. The van der Waals surface area contributed by atoms with Crippen molar-refractivity contribution < 1.29 is 9.53 Å². The number of Topliss-reactive ketones (excluding diaryl/α,β-unsaturated/α-hetero) is 1. The van der Waals surface area contributed by atoms with E-state index >= 15 is 0 Å². The summed E-state index contributed by atoms with van der Waals surface area (Å²) < 4.78 is 5.51. The normalized spacial score (nSPS) is 21.2. The van der Waals surface area contributed by atoms with Crippen LogP contribution < -0.4 is 0 Å². The number of carbonyl (C=O) groups excluding carboxylic acids is 1. The molecule has 0 bridgehead atoms. The Morgan fingerprint density at radius 1 is 1.05 bits per heavy atom. The predicted octanol–water partition coefficient (Wildman–Crippen LogP) is 3.97. The van der Waals surface area contributed by atoms with Crippen LogP contribution in [0.1, 0.15) is 27.6 Å². The van der Waals surface area contributed by atoms with E-state index in [9.17, 15) is 4.79 Å². The summed E-state index contributed by atoms with van der Waals surface area (Å²) in [6, 6.07) is 15.0. The van der Waals surface area contributed by atoms with E-state index in [-0.39, 0.29) is 18.0 Å². The maximum Gasteiger partial charge on any atom is 0.194 e. The molecular formula is C16H13ClO2. The lowest BCUT2D eigenvalue weighted by Crippen LogP contribution is -2.07. The first-order chi connectivity index (χ1) is 9.15. The van der Waals surface area contributed by atoms with E-state index in [4.69, 9.17) is 16.3 Å². The maximum absolute atomic E-state index is 12.2. The Hall–Kier alpha value is -1.64. The van der Waals surface area contributed by atoms with Crippen molar-refractivity contribution in [1.29, 1.82) is 0 Å². The Morgan fingerprint density at radius 2 is 1.68 bits per heavy atom. The van der Waals surface area contributed by atoms with Crippen molar-refractivity contribution >= 4 is 17.4 Å². The number of ether oxygens (including phenoxy) is 1. The van der Waals surface area contributed by atoms with Crippen molar-refractivity contribution in [3.8, 4) is 0 Å². The molecule has 3 heteroatoms. The van der Waals surface area contributed by atoms with Crippen LogP contribution in [0.5, 0.6) is 0 Å². The van der Waals surface area contributed by atoms with Crippen molar-refractivity contribution in [2.75, 3.05) is 0 Å². The van der Waals surface area contributed by atoms with Gasteiger partial charge in [0, 0.05) is 10.6 Å². The summed E-state index contributed by atoms with van der Waals surface area (Å²) in [6.45, 7) is 2.04. The summed E-state index contributed by atoms with van der Waals surface area (Å²) >= 11 is 5.81. The molecule has 19 heavy (non-hydrogen) atoms. The number of benzene rings is 2. The minimum Gasteiger partial charge on any atom is -0.356 e. The Labute approximate surface area is 117 Å². The van der Waals surface area contributed by atoms with Gasteiger partial charge in [-0.15, -0.1) is 0 Å². The van der Waals surface area contributed by atoms with Gasteiger partial charge in [0.25, 0.3) is 0 Å². The number of aryl methyl sites for hydroxylation is 1. The minimum absolute atomic E-state index is 0.0160. The van der Waals surface area contributed by atoms with Crippen LogP contribution in [0.2, 0.25) is 5.02 Å². The summed E-state index contributed by atoms with van der Waals surface area (Å²) in [5, 5.41) is 0.628. The van der Waals surface area contributed by atoms with E-state index in [0.29, 0.717) is 10.6 Å². The maximum atomic E-state index is 12.2. The molecule has 0 aromatic heterocycles. The predicted molar refractivity (Wildman–Crippen MR) is 74.6 cm³/mol. The molecule has 1 heterocycles. The van der Waals surface area contributed by atoms with Gasteiger partial charge >= 0.3 is 0 Å². The number of hydrogen-bond acceptors (Lipinski definition) is 2. The Balaban J connectivity index is 1.74. The van der Waals surface area contributed by atoms with Crippen molar-refractivity contribution in [3.63, 3.8) is 0 Å². The van der Waals surface area contributed by atoms with E-state index in [1.165, 1.54) is 5.56 Å². The minimum atomic E-state index is -0.358. The Kier molecular flexibility index (Phi) is 3.13. The molecule has 0 radical (unpaired) electrons. The molecule has 1 aliphatic rings. The van der Waals surface area contributed by atoms with Gasteiger partial charge in [-0.05, 0) is 36.8 Å². The van der Waals surface area contributed by atoms with Crippen LogP contribution in [-0.4, -0.2) is 11.9 Å². The van der Waals surface area contributed by atoms with Crippen LogP contribution in [0.4, 0.5) is 0 Å². The van der Waals surface area contributed by atoms with Crippen LogP contribution >= 0.6 is 11.6 Å². The van der Waals surface area contributed by atoms with Crippen molar-refractivity contribution in [1.82, 2.24) is 0 Å². The second-order valence-corrected chi connectivity index (χ2v) is 5.20. The average molecular weight is 273 g/mol. The topological polar surface area (TPSA) is 29.6 Å². The molecule has 2 atom stereocenters. The summed E-state index contributed by atoms with van der Waals surface area (Å²) in [6.07, 6.45) is -0.465. The SMILES string of the molecule is Cc1ccc(C2OC2C(=O)c2ccc(Cl)cc2)cc1. The molecule has 3 rings (SSSR count). The smallest absolute Gasteiger partial charge is 0.194 e. The van der Waals surface area contributed by atoms with Gasteiger partial charge in [-0.1, -0.05) is 41.4 Å². The standard InChI is InChI=1S/C16H13ClO2/c1-10-2-4-12(5-3-10)15-16(19-15)14(18)11-6-8-13(17)9-7-11/h2-9,15-16H,1H3. The molecule has 2 nitrogen and oxygen atoms in total. The number of rotatable bonds is 3. The first kappa shape index (κ1) is 12.4. The van der Waals surface area contributed by atoms with Crippen molar-refractivity contribution in [2.45, 2.75) is 19.1 Å². The second kappa shape index (κ2) is 4.80. The van der Waals surface area contributed by atoms with Gasteiger partial charge in [0.1, 0.15) is 6.10 Å². The van der Waals surface area contributed by atoms with Gasteiger partial charge < -0.3 is 4.74 Å². The Bertz CT molecular complexity index is 602. The third-order valence-electron chi connectivity index (χ3n) is 3.28. The number of carbonyl (C=O) groups is 1. The molecule has 0 amide bonds. The highest BCUT2D eigenvalue weighted by Gasteiger charge is 2.46. The van der Waals surface area contributed by atoms with Gasteiger partial charge in [0.15, 0.2) is 11.9 Å². The second-order valence-electron chi connectivity index (χ2n) is 4.76. The van der Waals surface area contributed by atoms with Gasteiger partial charge in [-0.3, -0.25) is 4.79 Å². The molecule has 1 saturated heterocycles. The number of ketones is 1. The summed E-state index contributed by atoms with van der Waals surface area (Å²) in [4.78, 5) is 12.2. The lowest BCUT2D eigenvalue weighted by Gasteiger charge is -1.99. The molecule has 2 aromatic carbocycles. The molecule has 2 aromatic rings. The van der Waals surface area contributed by atoms with Crippen LogP contribution in [0.3, 0.4) is 0 Å². The van der Waals surface area contributed by atoms with E-state index in [2.05, 4.69) is 0 Å².